The molecule has 3 heteroatoms. The van der Waals surface area contributed by atoms with E-state index in [1.165, 1.54) is 0 Å². The molecule has 0 amide bonds. The van der Waals surface area contributed by atoms with Crippen molar-refractivity contribution in [1.82, 2.24) is 4.98 Å². The van der Waals surface area contributed by atoms with E-state index in [0.29, 0.717) is 6.42 Å². The van der Waals surface area contributed by atoms with E-state index < -0.39 is 0 Å². The molecule has 0 saturated carbocycles. The molecule has 19 heavy (non-hydrogen) atoms. The predicted octanol–water partition coefficient (Wildman–Crippen LogP) is 3.16. The molecule has 0 spiro atoms. The topological polar surface area (TPSA) is 39.2 Å². The lowest BCUT2D eigenvalue weighted by atomic mass is 10.00. The fourth-order valence-corrected chi connectivity index (χ4v) is 2.28. The molecule has 100 valence electrons. The molecule has 1 aromatic heterocycles. The van der Waals surface area contributed by atoms with Crippen LogP contribution in [0.5, 0.6) is 0 Å². The number of ether oxygens (including phenoxy) is 1. The molecule has 0 aliphatic heterocycles. The maximum absolute atomic E-state index is 12.2. The summed E-state index contributed by atoms with van der Waals surface area (Å²) in [7, 11) is 1.60. The van der Waals surface area contributed by atoms with Crippen LogP contribution in [-0.2, 0) is 16.0 Å². The lowest BCUT2D eigenvalue weighted by molar-refractivity contribution is -0.128. The first kappa shape index (κ1) is 13.7. The van der Waals surface area contributed by atoms with Gasteiger partial charge in [0.15, 0.2) is 5.78 Å². The van der Waals surface area contributed by atoms with Gasteiger partial charge in [-0.15, -0.1) is 0 Å². The first-order valence-electron chi connectivity index (χ1n) is 6.64. The van der Waals surface area contributed by atoms with E-state index in [1.807, 2.05) is 30.3 Å². The number of Topliss-reactive ketones (excluding diaryl/α,β-unsaturated/α-hetero) is 1. The minimum atomic E-state index is -0.295. The highest BCUT2D eigenvalue weighted by Crippen LogP contribution is 2.18. The third kappa shape index (κ3) is 3.18. The van der Waals surface area contributed by atoms with E-state index in [1.54, 1.807) is 13.3 Å². The summed E-state index contributed by atoms with van der Waals surface area (Å²) in [4.78, 5) is 16.5. The summed E-state index contributed by atoms with van der Waals surface area (Å²) < 4.78 is 5.27. The molecule has 0 fully saturated rings. The SMILES string of the molecule is CCCC(OC)C(=O)Cc1ccnc2ccccc12. The Kier molecular flexibility index (Phi) is 4.63. The molecule has 2 rings (SSSR count). The zero-order valence-electron chi connectivity index (χ0n) is 11.4. The zero-order valence-corrected chi connectivity index (χ0v) is 11.4. The standard InChI is InChI=1S/C16H19NO2/c1-3-6-16(19-2)15(18)11-12-9-10-17-14-8-5-4-7-13(12)14/h4-5,7-10,16H,3,6,11H2,1-2H3. The summed E-state index contributed by atoms with van der Waals surface area (Å²) in [6.45, 7) is 2.06. The Morgan fingerprint density at radius 2 is 2.11 bits per heavy atom. The van der Waals surface area contributed by atoms with Gasteiger partial charge in [0.25, 0.3) is 0 Å². The summed E-state index contributed by atoms with van der Waals surface area (Å²) in [6.07, 6.45) is 3.59. The number of pyridine rings is 1. The van der Waals surface area contributed by atoms with E-state index in [-0.39, 0.29) is 11.9 Å². The maximum Gasteiger partial charge on any atom is 0.165 e. The van der Waals surface area contributed by atoms with Crippen molar-refractivity contribution in [2.45, 2.75) is 32.3 Å². The van der Waals surface area contributed by atoms with Crippen molar-refractivity contribution in [3.05, 3.63) is 42.1 Å². The first-order chi connectivity index (χ1) is 9.26. The van der Waals surface area contributed by atoms with Gasteiger partial charge in [0, 0.05) is 25.1 Å². The molecule has 1 heterocycles. The second-order valence-corrected chi connectivity index (χ2v) is 4.64. The van der Waals surface area contributed by atoms with Crippen LogP contribution in [0.2, 0.25) is 0 Å². The van der Waals surface area contributed by atoms with E-state index in [9.17, 15) is 4.79 Å². The van der Waals surface area contributed by atoms with Gasteiger partial charge in [-0.05, 0) is 24.1 Å². The average Bonchev–Trinajstić information content (AvgIpc) is 2.45. The normalized spacial score (nSPS) is 12.5. The molecular weight excluding hydrogens is 238 g/mol. The van der Waals surface area contributed by atoms with Crippen LogP contribution in [0.4, 0.5) is 0 Å². The van der Waals surface area contributed by atoms with Crippen LogP contribution >= 0.6 is 0 Å². The number of ketones is 1. The monoisotopic (exact) mass is 257 g/mol. The Labute approximate surface area is 113 Å². The van der Waals surface area contributed by atoms with Crippen LogP contribution in [-0.4, -0.2) is 24.0 Å². The third-order valence-corrected chi connectivity index (χ3v) is 3.30. The number of rotatable bonds is 6. The number of carbonyl (C=O) groups is 1. The van der Waals surface area contributed by atoms with Crippen LogP contribution in [0.1, 0.15) is 25.3 Å². The summed E-state index contributed by atoms with van der Waals surface area (Å²) >= 11 is 0. The minimum absolute atomic E-state index is 0.140. The highest BCUT2D eigenvalue weighted by molar-refractivity contribution is 5.90. The van der Waals surface area contributed by atoms with Crippen LogP contribution in [0.15, 0.2) is 36.5 Å². The highest BCUT2D eigenvalue weighted by Gasteiger charge is 2.17. The Hall–Kier alpha value is -1.74. The molecular formula is C16H19NO2. The smallest absolute Gasteiger partial charge is 0.165 e. The zero-order chi connectivity index (χ0) is 13.7. The Balaban J connectivity index is 2.23. The van der Waals surface area contributed by atoms with Crippen LogP contribution < -0.4 is 0 Å². The number of benzene rings is 1. The third-order valence-electron chi connectivity index (χ3n) is 3.30. The largest absolute Gasteiger partial charge is 0.374 e. The number of hydrogen-bond acceptors (Lipinski definition) is 3. The molecule has 0 radical (unpaired) electrons. The van der Waals surface area contributed by atoms with Gasteiger partial charge in [-0.25, -0.2) is 0 Å². The molecule has 3 nitrogen and oxygen atoms in total. The summed E-state index contributed by atoms with van der Waals surface area (Å²) in [5, 5.41) is 1.05. The van der Waals surface area contributed by atoms with Gasteiger partial charge in [0.1, 0.15) is 6.10 Å². The van der Waals surface area contributed by atoms with Gasteiger partial charge < -0.3 is 4.74 Å². The second-order valence-electron chi connectivity index (χ2n) is 4.64. The molecule has 0 aliphatic rings. The molecule has 0 N–H and O–H groups in total. The molecule has 1 unspecified atom stereocenters. The number of carbonyl (C=O) groups excluding carboxylic acids is 1. The number of para-hydroxylation sites is 1. The fraction of sp³-hybridized carbons (Fsp3) is 0.375. The van der Waals surface area contributed by atoms with Gasteiger partial charge in [-0.2, -0.15) is 0 Å². The maximum atomic E-state index is 12.2. The Morgan fingerprint density at radius 3 is 2.84 bits per heavy atom. The molecule has 1 atom stereocenters. The van der Waals surface area contributed by atoms with Crippen LogP contribution in [0.25, 0.3) is 10.9 Å². The molecule has 0 bridgehead atoms. The summed E-state index contributed by atoms with van der Waals surface area (Å²) in [5.41, 5.74) is 1.95. The van der Waals surface area contributed by atoms with E-state index in [0.717, 1.165) is 29.3 Å². The van der Waals surface area contributed by atoms with Gasteiger partial charge >= 0.3 is 0 Å². The van der Waals surface area contributed by atoms with Crippen molar-refractivity contribution in [1.29, 1.82) is 0 Å². The van der Waals surface area contributed by atoms with Crippen molar-refractivity contribution in [2.24, 2.45) is 0 Å². The second kappa shape index (κ2) is 6.43. The lowest BCUT2D eigenvalue weighted by Gasteiger charge is -2.13. The van der Waals surface area contributed by atoms with Crippen molar-refractivity contribution < 1.29 is 9.53 Å². The van der Waals surface area contributed by atoms with Crippen molar-refractivity contribution >= 4 is 16.7 Å². The Bertz CT molecular complexity index is 560. The number of aromatic nitrogens is 1. The summed E-state index contributed by atoms with van der Waals surface area (Å²) in [5.74, 6) is 0.140. The van der Waals surface area contributed by atoms with Gasteiger partial charge in [0.2, 0.25) is 0 Å². The molecule has 1 aromatic carbocycles. The number of fused-ring (bicyclic) bond motifs is 1. The quantitative estimate of drug-likeness (QED) is 0.798. The van der Waals surface area contributed by atoms with E-state index in [4.69, 9.17) is 4.74 Å². The highest BCUT2D eigenvalue weighted by atomic mass is 16.5. The number of methoxy groups -OCH3 is 1. The van der Waals surface area contributed by atoms with Crippen LogP contribution in [0.3, 0.4) is 0 Å². The van der Waals surface area contributed by atoms with Crippen molar-refractivity contribution in [3.63, 3.8) is 0 Å². The molecule has 0 saturated heterocycles. The van der Waals surface area contributed by atoms with E-state index >= 15 is 0 Å². The number of hydrogen-bond donors (Lipinski definition) is 0. The number of nitrogens with zero attached hydrogens (tertiary/aromatic N) is 1. The molecule has 0 aliphatic carbocycles. The van der Waals surface area contributed by atoms with Gasteiger partial charge in [-0.1, -0.05) is 31.5 Å². The fourth-order valence-electron chi connectivity index (χ4n) is 2.28. The lowest BCUT2D eigenvalue weighted by Crippen LogP contribution is -2.24. The first-order valence-corrected chi connectivity index (χ1v) is 6.64. The van der Waals surface area contributed by atoms with Crippen molar-refractivity contribution in [3.8, 4) is 0 Å². The average molecular weight is 257 g/mol. The summed E-state index contributed by atoms with van der Waals surface area (Å²) in [6, 6.07) is 9.81. The van der Waals surface area contributed by atoms with Crippen molar-refractivity contribution in [2.75, 3.05) is 7.11 Å². The van der Waals surface area contributed by atoms with Gasteiger partial charge in [0.05, 0.1) is 5.52 Å². The Morgan fingerprint density at radius 1 is 1.32 bits per heavy atom. The van der Waals surface area contributed by atoms with E-state index in [2.05, 4.69) is 11.9 Å². The predicted molar refractivity (Wildman–Crippen MR) is 76.2 cm³/mol. The van der Waals surface area contributed by atoms with Gasteiger partial charge in [-0.3, -0.25) is 9.78 Å². The minimum Gasteiger partial charge on any atom is -0.374 e. The van der Waals surface area contributed by atoms with Crippen LogP contribution in [0, 0.1) is 0 Å². The molecule has 2 aromatic rings.